The second-order valence-corrected chi connectivity index (χ2v) is 10.7. The largest absolute Gasteiger partial charge is 0.481 e. The molecular weight excluding hydrogens is 486 g/mol. The van der Waals surface area contributed by atoms with Gasteiger partial charge in [0.15, 0.2) is 0 Å². The molecule has 3 rings (SSSR count). The van der Waals surface area contributed by atoms with Gasteiger partial charge in [-0.2, -0.15) is 13.5 Å². The summed E-state index contributed by atoms with van der Waals surface area (Å²) in [6.45, 7) is 7.99. The van der Waals surface area contributed by atoms with Crippen molar-refractivity contribution >= 4 is 42.6 Å². The number of benzene rings is 2. The predicted molar refractivity (Wildman–Crippen MR) is 156 cm³/mol. The number of carbonyl (C=O) groups excluding carboxylic acids is 1. The van der Waals surface area contributed by atoms with Crippen molar-refractivity contribution in [3.05, 3.63) is 53.6 Å². The molecule has 4 N–H and O–H groups in total. The molecule has 2 amide bonds. The van der Waals surface area contributed by atoms with Crippen molar-refractivity contribution in [1.29, 1.82) is 0 Å². The molecule has 0 spiro atoms. The SMILES string of the molecule is CC[C@@H](CC(=O)O)c1ccc(N(CC(C)(C)O)C2CCCCC2)c(NC(=O)Nc2ccc(C)cc2)c1.S. The summed E-state index contributed by atoms with van der Waals surface area (Å²) in [6, 6.07) is 13.3. The van der Waals surface area contributed by atoms with Gasteiger partial charge in [-0.25, -0.2) is 4.79 Å². The highest BCUT2D eigenvalue weighted by Gasteiger charge is 2.29. The molecule has 0 aromatic heterocycles. The number of rotatable bonds is 10. The first-order chi connectivity index (χ1) is 17.1. The van der Waals surface area contributed by atoms with Crippen molar-refractivity contribution in [3.8, 4) is 0 Å². The lowest BCUT2D eigenvalue weighted by molar-refractivity contribution is -0.137. The highest BCUT2D eigenvalue weighted by molar-refractivity contribution is 7.59. The number of aliphatic hydroxyl groups is 1. The molecule has 1 fully saturated rings. The van der Waals surface area contributed by atoms with Crippen LogP contribution < -0.4 is 15.5 Å². The third-order valence-corrected chi connectivity index (χ3v) is 6.85. The van der Waals surface area contributed by atoms with E-state index in [2.05, 4.69) is 15.5 Å². The number of hydrogen-bond donors (Lipinski definition) is 4. The summed E-state index contributed by atoms with van der Waals surface area (Å²) < 4.78 is 0. The van der Waals surface area contributed by atoms with Gasteiger partial charge in [0, 0.05) is 18.3 Å². The van der Waals surface area contributed by atoms with Gasteiger partial charge in [-0.1, -0.05) is 49.9 Å². The number of aliphatic carboxylic acids is 1. The molecule has 204 valence electrons. The zero-order valence-corrected chi connectivity index (χ0v) is 23.5. The van der Waals surface area contributed by atoms with Crippen LogP contribution >= 0.6 is 13.5 Å². The Morgan fingerprint density at radius 1 is 1.05 bits per heavy atom. The fraction of sp³-hybridized carbons (Fsp3) is 0.517. The van der Waals surface area contributed by atoms with Gasteiger partial charge in [-0.3, -0.25) is 4.79 Å². The Kier molecular flexibility index (Phi) is 11.3. The Morgan fingerprint density at radius 2 is 1.70 bits per heavy atom. The summed E-state index contributed by atoms with van der Waals surface area (Å²) in [7, 11) is 0. The minimum Gasteiger partial charge on any atom is -0.481 e. The molecule has 0 aliphatic heterocycles. The van der Waals surface area contributed by atoms with Crippen LogP contribution in [0.25, 0.3) is 0 Å². The summed E-state index contributed by atoms with van der Waals surface area (Å²) in [4.78, 5) is 26.7. The van der Waals surface area contributed by atoms with Gasteiger partial charge in [-0.15, -0.1) is 0 Å². The number of aryl methyl sites for hydroxylation is 1. The van der Waals surface area contributed by atoms with Crippen LogP contribution in [-0.4, -0.2) is 40.4 Å². The Morgan fingerprint density at radius 3 is 2.27 bits per heavy atom. The van der Waals surface area contributed by atoms with Crippen molar-refractivity contribution in [1.82, 2.24) is 0 Å². The average molecular weight is 530 g/mol. The number of urea groups is 1. The van der Waals surface area contributed by atoms with Gasteiger partial charge in [0.25, 0.3) is 0 Å². The maximum absolute atomic E-state index is 13.0. The summed E-state index contributed by atoms with van der Waals surface area (Å²) in [5, 5.41) is 26.1. The Balaban J connectivity index is 0.00000481. The smallest absolute Gasteiger partial charge is 0.323 e. The second kappa shape index (κ2) is 13.7. The molecular formula is C29H43N3O4S. The summed E-state index contributed by atoms with van der Waals surface area (Å²) in [6.07, 6.45) is 6.25. The van der Waals surface area contributed by atoms with Crippen molar-refractivity contribution in [2.45, 2.75) is 90.2 Å². The highest BCUT2D eigenvalue weighted by Crippen LogP contribution is 2.37. The molecule has 1 aliphatic rings. The van der Waals surface area contributed by atoms with E-state index in [-0.39, 0.29) is 37.9 Å². The molecule has 2 aromatic rings. The molecule has 0 bridgehead atoms. The van der Waals surface area contributed by atoms with Crippen LogP contribution in [0, 0.1) is 6.92 Å². The van der Waals surface area contributed by atoms with Gasteiger partial charge < -0.3 is 25.7 Å². The molecule has 7 nitrogen and oxygen atoms in total. The molecule has 1 aliphatic carbocycles. The highest BCUT2D eigenvalue weighted by atomic mass is 32.1. The minimum absolute atomic E-state index is 0. The van der Waals surface area contributed by atoms with Crippen LogP contribution in [0.5, 0.6) is 0 Å². The third kappa shape index (κ3) is 9.27. The van der Waals surface area contributed by atoms with Crippen molar-refractivity contribution in [3.63, 3.8) is 0 Å². The number of carboxylic acids is 1. The zero-order valence-electron chi connectivity index (χ0n) is 22.5. The van der Waals surface area contributed by atoms with Crippen LogP contribution in [-0.2, 0) is 4.79 Å². The lowest BCUT2D eigenvalue weighted by Gasteiger charge is -2.40. The predicted octanol–water partition coefficient (Wildman–Crippen LogP) is 6.63. The molecule has 0 heterocycles. The lowest BCUT2D eigenvalue weighted by Crippen LogP contribution is -2.46. The maximum Gasteiger partial charge on any atom is 0.323 e. The Labute approximate surface area is 228 Å². The number of carboxylic acid groups (broad SMARTS) is 1. The minimum atomic E-state index is -0.924. The van der Waals surface area contributed by atoms with Gasteiger partial charge in [0.2, 0.25) is 0 Å². The van der Waals surface area contributed by atoms with E-state index in [0.29, 0.717) is 24.3 Å². The number of hydrogen-bond acceptors (Lipinski definition) is 4. The van der Waals surface area contributed by atoms with Crippen LogP contribution in [0.1, 0.15) is 82.8 Å². The van der Waals surface area contributed by atoms with E-state index in [1.54, 1.807) is 13.8 Å². The van der Waals surface area contributed by atoms with E-state index in [9.17, 15) is 19.8 Å². The number of amides is 2. The van der Waals surface area contributed by atoms with E-state index in [1.165, 1.54) is 6.42 Å². The van der Waals surface area contributed by atoms with Crippen molar-refractivity contribution in [2.75, 3.05) is 22.1 Å². The van der Waals surface area contributed by atoms with Gasteiger partial charge >= 0.3 is 12.0 Å². The first-order valence-electron chi connectivity index (χ1n) is 13.0. The van der Waals surface area contributed by atoms with Gasteiger partial charge in [0.05, 0.1) is 23.4 Å². The molecule has 0 unspecified atom stereocenters. The molecule has 1 atom stereocenters. The van der Waals surface area contributed by atoms with E-state index in [1.807, 2.05) is 56.3 Å². The van der Waals surface area contributed by atoms with E-state index < -0.39 is 11.6 Å². The maximum atomic E-state index is 13.0. The normalized spacial score (nSPS) is 14.8. The zero-order chi connectivity index (χ0) is 26.3. The van der Waals surface area contributed by atoms with E-state index >= 15 is 0 Å². The topological polar surface area (TPSA) is 102 Å². The molecule has 0 radical (unpaired) electrons. The molecule has 37 heavy (non-hydrogen) atoms. The number of carbonyl (C=O) groups is 2. The van der Waals surface area contributed by atoms with Crippen LogP contribution in [0.3, 0.4) is 0 Å². The average Bonchev–Trinajstić information content (AvgIpc) is 2.82. The van der Waals surface area contributed by atoms with Gasteiger partial charge in [-0.05, 0) is 75.8 Å². The summed E-state index contributed by atoms with van der Waals surface area (Å²) in [5.74, 6) is -1.00. The standard InChI is InChI=1S/C29H41N3O4.H2S/c1-5-21(18-27(33)34)22-13-16-26(32(19-29(3,4)36)24-9-7-6-8-10-24)25(17-22)31-28(35)30-23-14-11-20(2)12-15-23;/h11-17,21,24,36H,5-10,18-19H2,1-4H3,(H,33,34)(H2,30,31,35);1H2/t21-;/m0./s1. The molecule has 0 saturated heterocycles. The Bertz CT molecular complexity index is 1030. The fourth-order valence-corrected chi connectivity index (χ4v) is 5.01. The van der Waals surface area contributed by atoms with Gasteiger partial charge in [0.1, 0.15) is 0 Å². The van der Waals surface area contributed by atoms with E-state index in [0.717, 1.165) is 42.5 Å². The third-order valence-electron chi connectivity index (χ3n) is 6.85. The first-order valence-corrected chi connectivity index (χ1v) is 13.0. The van der Waals surface area contributed by atoms with Crippen LogP contribution in [0.2, 0.25) is 0 Å². The first kappa shape index (κ1) is 30.5. The fourth-order valence-electron chi connectivity index (χ4n) is 5.01. The quantitative estimate of drug-likeness (QED) is 0.277. The van der Waals surface area contributed by atoms with Crippen LogP contribution in [0.4, 0.5) is 21.9 Å². The number of anilines is 3. The number of nitrogens with one attached hydrogen (secondary N) is 2. The number of nitrogens with zero attached hydrogens (tertiary/aromatic N) is 1. The monoisotopic (exact) mass is 529 g/mol. The van der Waals surface area contributed by atoms with Crippen LogP contribution in [0.15, 0.2) is 42.5 Å². The molecule has 1 saturated carbocycles. The molecule has 8 heteroatoms. The summed E-state index contributed by atoms with van der Waals surface area (Å²) in [5.41, 5.74) is 3.21. The van der Waals surface area contributed by atoms with E-state index in [4.69, 9.17) is 0 Å². The van der Waals surface area contributed by atoms with Crippen molar-refractivity contribution < 1.29 is 19.8 Å². The Hall–Kier alpha value is -2.71. The molecule has 2 aromatic carbocycles. The summed E-state index contributed by atoms with van der Waals surface area (Å²) >= 11 is 0. The van der Waals surface area contributed by atoms with Crippen molar-refractivity contribution in [2.24, 2.45) is 0 Å². The lowest BCUT2D eigenvalue weighted by atomic mass is 9.90. The second-order valence-electron chi connectivity index (χ2n) is 10.7.